The van der Waals surface area contributed by atoms with E-state index >= 15 is 0 Å². The molecule has 0 N–H and O–H groups in total. The van der Waals surface area contributed by atoms with Crippen LogP contribution in [0.5, 0.6) is 0 Å². The number of non-ortho nitro benzene ring substituents is 1. The molecule has 20 heavy (non-hydrogen) atoms. The van der Waals surface area contributed by atoms with E-state index < -0.39 is 4.92 Å². The molecule has 0 saturated carbocycles. The first-order valence-electron chi connectivity index (χ1n) is 6.12. The van der Waals surface area contributed by atoms with Gasteiger partial charge in [0.15, 0.2) is 5.13 Å². The number of nitrogens with zero attached hydrogens (tertiary/aromatic N) is 3. The maximum Gasteiger partial charge on any atom is 0.269 e. The minimum atomic E-state index is -0.390. The number of aryl methyl sites for hydroxylation is 1. The number of hydrogen-bond donors (Lipinski definition) is 0. The molecule has 1 heterocycles. The molecule has 0 unspecified atom stereocenters. The van der Waals surface area contributed by atoms with Crippen LogP contribution in [0.3, 0.4) is 0 Å². The zero-order valence-corrected chi connectivity index (χ0v) is 13.8. The maximum absolute atomic E-state index is 10.6. The molecule has 0 radical (unpaired) electrons. The molecular formula is C13H16BrN3O2S. The summed E-state index contributed by atoms with van der Waals surface area (Å²) in [6, 6.07) is 6.56. The van der Waals surface area contributed by atoms with Crippen LogP contribution < -0.4 is 4.90 Å². The Kier molecular flexibility index (Phi) is 6.09. The Hall–Kier alpha value is -1.47. The first-order chi connectivity index (χ1) is 9.15. The van der Waals surface area contributed by atoms with Gasteiger partial charge in [-0.3, -0.25) is 10.1 Å². The normalized spacial score (nSPS) is 9.90. The minimum Gasteiger partial charge on any atom is -0.318 e. The standard InChI is InChI=1S/C13H15N3O2S.BrH/c1-3-10-9-19-13(14-10)15(4-2)11-5-7-12(8-6-11)16(17)18;/h5-9H,3-4H2,1-2H3;1H. The molecule has 0 aliphatic heterocycles. The third kappa shape index (κ3) is 3.55. The monoisotopic (exact) mass is 357 g/mol. The topological polar surface area (TPSA) is 59.3 Å². The molecule has 0 amide bonds. The predicted octanol–water partition coefficient (Wildman–Crippen LogP) is 4.35. The van der Waals surface area contributed by atoms with Crippen molar-refractivity contribution in [1.29, 1.82) is 0 Å². The summed E-state index contributed by atoms with van der Waals surface area (Å²) < 4.78 is 0. The molecular weight excluding hydrogens is 342 g/mol. The Morgan fingerprint density at radius 3 is 2.40 bits per heavy atom. The van der Waals surface area contributed by atoms with E-state index in [1.165, 1.54) is 12.1 Å². The van der Waals surface area contributed by atoms with Crippen LogP contribution in [-0.2, 0) is 6.42 Å². The summed E-state index contributed by atoms with van der Waals surface area (Å²) in [4.78, 5) is 16.8. The van der Waals surface area contributed by atoms with E-state index in [0.29, 0.717) is 0 Å². The molecule has 1 aromatic heterocycles. The molecule has 7 heteroatoms. The summed E-state index contributed by atoms with van der Waals surface area (Å²) in [5.41, 5.74) is 2.10. The van der Waals surface area contributed by atoms with E-state index in [2.05, 4.69) is 11.9 Å². The Morgan fingerprint density at radius 2 is 1.95 bits per heavy atom. The van der Waals surface area contributed by atoms with Crippen LogP contribution in [0.4, 0.5) is 16.5 Å². The summed E-state index contributed by atoms with van der Waals surface area (Å²) in [6.07, 6.45) is 0.911. The predicted molar refractivity (Wildman–Crippen MR) is 87.6 cm³/mol. The molecule has 0 aliphatic rings. The quantitative estimate of drug-likeness (QED) is 0.589. The molecule has 0 aliphatic carbocycles. The maximum atomic E-state index is 10.6. The highest BCUT2D eigenvalue weighted by molar-refractivity contribution is 8.93. The van der Waals surface area contributed by atoms with Crippen LogP contribution in [0.25, 0.3) is 0 Å². The number of hydrogen-bond acceptors (Lipinski definition) is 5. The van der Waals surface area contributed by atoms with Crippen LogP contribution in [0, 0.1) is 10.1 Å². The van der Waals surface area contributed by atoms with Gasteiger partial charge in [0, 0.05) is 29.7 Å². The summed E-state index contributed by atoms with van der Waals surface area (Å²) in [7, 11) is 0. The van der Waals surface area contributed by atoms with Crippen molar-refractivity contribution in [3.05, 3.63) is 45.5 Å². The zero-order valence-electron chi connectivity index (χ0n) is 11.3. The van der Waals surface area contributed by atoms with Gasteiger partial charge in [-0.15, -0.1) is 28.3 Å². The molecule has 0 fully saturated rings. The minimum absolute atomic E-state index is 0. The molecule has 2 aromatic rings. The summed E-state index contributed by atoms with van der Waals surface area (Å²) in [6.45, 7) is 4.88. The van der Waals surface area contributed by atoms with Gasteiger partial charge in [-0.05, 0) is 25.5 Å². The molecule has 0 spiro atoms. The summed E-state index contributed by atoms with van der Waals surface area (Å²) in [5.74, 6) is 0. The molecule has 1 aromatic carbocycles. The van der Waals surface area contributed by atoms with E-state index in [9.17, 15) is 10.1 Å². The van der Waals surface area contributed by atoms with Gasteiger partial charge >= 0.3 is 0 Å². The van der Waals surface area contributed by atoms with Gasteiger partial charge in [-0.2, -0.15) is 0 Å². The number of nitro benzene ring substituents is 1. The number of anilines is 2. The third-order valence-corrected chi connectivity index (χ3v) is 3.73. The van der Waals surface area contributed by atoms with E-state index in [1.54, 1.807) is 23.5 Å². The highest BCUT2D eigenvalue weighted by Crippen LogP contribution is 2.29. The van der Waals surface area contributed by atoms with Gasteiger partial charge < -0.3 is 4.90 Å². The average molecular weight is 358 g/mol. The lowest BCUT2D eigenvalue weighted by atomic mass is 10.2. The van der Waals surface area contributed by atoms with Crippen molar-refractivity contribution in [2.75, 3.05) is 11.4 Å². The molecule has 0 bridgehead atoms. The lowest BCUT2D eigenvalue weighted by Gasteiger charge is -2.19. The van der Waals surface area contributed by atoms with Crippen molar-refractivity contribution in [3.8, 4) is 0 Å². The van der Waals surface area contributed by atoms with E-state index in [4.69, 9.17) is 0 Å². The van der Waals surface area contributed by atoms with Gasteiger partial charge in [0.25, 0.3) is 5.69 Å². The van der Waals surface area contributed by atoms with Gasteiger partial charge in [-0.1, -0.05) is 6.92 Å². The zero-order chi connectivity index (χ0) is 13.8. The summed E-state index contributed by atoms with van der Waals surface area (Å²) in [5, 5.41) is 13.6. The Bertz CT molecular complexity index is 571. The fraction of sp³-hybridized carbons (Fsp3) is 0.308. The van der Waals surface area contributed by atoms with Gasteiger partial charge in [0.2, 0.25) is 0 Å². The molecule has 108 valence electrons. The molecule has 2 rings (SSSR count). The van der Waals surface area contributed by atoms with Gasteiger partial charge in [0.05, 0.1) is 10.6 Å². The highest BCUT2D eigenvalue weighted by Gasteiger charge is 2.13. The van der Waals surface area contributed by atoms with E-state index in [0.717, 1.165) is 29.5 Å². The Morgan fingerprint density at radius 1 is 1.30 bits per heavy atom. The first-order valence-corrected chi connectivity index (χ1v) is 7.00. The van der Waals surface area contributed by atoms with Crippen molar-refractivity contribution < 1.29 is 4.92 Å². The van der Waals surface area contributed by atoms with Crippen LogP contribution >= 0.6 is 28.3 Å². The van der Waals surface area contributed by atoms with Gasteiger partial charge in [-0.25, -0.2) is 4.98 Å². The van der Waals surface area contributed by atoms with Crippen molar-refractivity contribution in [2.24, 2.45) is 0 Å². The van der Waals surface area contributed by atoms with E-state index in [1.807, 2.05) is 17.2 Å². The van der Waals surface area contributed by atoms with Crippen LogP contribution in [0.1, 0.15) is 19.5 Å². The SMILES string of the molecule is Br.CCc1csc(N(CC)c2ccc([N+](=O)[O-])cc2)n1. The second kappa shape index (κ2) is 7.35. The molecule has 0 saturated heterocycles. The van der Waals surface area contributed by atoms with Crippen LogP contribution in [-0.4, -0.2) is 16.5 Å². The number of thiazole rings is 1. The first kappa shape index (κ1) is 16.6. The lowest BCUT2D eigenvalue weighted by Crippen LogP contribution is -2.15. The average Bonchev–Trinajstić information content (AvgIpc) is 2.89. The fourth-order valence-corrected chi connectivity index (χ4v) is 2.76. The number of rotatable bonds is 5. The number of benzene rings is 1. The van der Waals surface area contributed by atoms with Crippen molar-refractivity contribution in [2.45, 2.75) is 20.3 Å². The van der Waals surface area contributed by atoms with Crippen LogP contribution in [0.2, 0.25) is 0 Å². The molecule has 0 atom stereocenters. The fourth-order valence-electron chi connectivity index (χ4n) is 1.77. The highest BCUT2D eigenvalue weighted by atomic mass is 79.9. The van der Waals surface area contributed by atoms with Crippen LogP contribution in [0.15, 0.2) is 29.6 Å². The Balaban J connectivity index is 0.00000200. The van der Waals surface area contributed by atoms with E-state index in [-0.39, 0.29) is 22.7 Å². The van der Waals surface area contributed by atoms with Crippen molar-refractivity contribution in [3.63, 3.8) is 0 Å². The second-order valence-electron chi connectivity index (χ2n) is 3.99. The number of halogens is 1. The third-order valence-electron chi connectivity index (χ3n) is 2.82. The Labute approximate surface area is 132 Å². The second-order valence-corrected chi connectivity index (χ2v) is 4.83. The van der Waals surface area contributed by atoms with Gasteiger partial charge in [0.1, 0.15) is 0 Å². The van der Waals surface area contributed by atoms with Crippen molar-refractivity contribution in [1.82, 2.24) is 4.98 Å². The smallest absolute Gasteiger partial charge is 0.269 e. The lowest BCUT2D eigenvalue weighted by molar-refractivity contribution is -0.384. The molecule has 5 nitrogen and oxygen atoms in total. The number of aromatic nitrogens is 1. The largest absolute Gasteiger partial charge is 0.318 e. The van der Waals surface area contributed by atoms with Crippen molar-refractivity contribution >= 4 is 44.8 Å². The summed E-state index contributed by atoms with van der Waals surface area (Å²) >= 11 is 1.59. The number of nitro groups is 1.